The number of rotatable bonds is 2. The van der Waals surface area contributed by atoms with Crippen molar-refractivity contribution in [2.24, 2.45) is 0 Å². The Morgan fingerprint density at radius 3 is 3.00 bits per heavy atom. The lowest BCUT2D eigenvalue weighted by Gasteiger charge is -1.90. The lowest BCUT2D eigenvalue weighted by atomic mass is 10.2. The minimum Gasteiger partial charge on any atom is -0.282 e. The third-order valence-electron chi connectivity index (χ3n) is 1.23. The fraction of sp³-hybridized carbons (Fsp3) is 0.286. The quantitative estimate of drug-likeness (QED) is 0.652. The van der Waals surface area contributed by atoms with Gasteiger partial charge >= 0.3 is 0 Å². The van der Waals surface area contributed by atoms with E-state index in [1.165, 1.54) is 0 Å². The molecule has 0 aliphatic heterocycles. The third kappa shape index (κ3) is 1.39. The van der Waals surface area contributed by atoms with Crippen molar-refractivity contribution in [3.05, 3.63) is 24.0 Å². The lowest BCUT2D eigenvalue weighted by molar-refractivity contribution is 1.03. The first-order valence-corrected chi connectivity index (χ1v) is 3.53. The molecule has 0 saturated carbocycles. The molecule has 0 unspecified atom stereocenters. The van der Waals surface area contributed by atoms with Crippen LogP contribution in [0.5, 0.6) is 0 Å². The van der Waals surface area contributed by atoms with E-state index in [-0.39, 0.29) is 0 Å². The number of aryl methyl sites for hydroxylation is 1. The summed E-state index contributed by atoms with van der Waals surface area (Å²) < 4.78 is 0. The molecule has 1 aromatic rings. The molecule has 10 heavy (non-hydrogen) atoms. The van der Waals surface area contributed by atoms with Crippen LogP contribution in [0, 0.1) is 6.92 Å². The van der Waals surface area contributed by atoms with Crippen LogP contribution >= 0.6 is 11.6 Å². The summed E-state index contributed by atoms with van der Waals surface area (Å²) in [5.41, 5.74) is 2.74. The summed E-state index contributed by atoms with van der Waals surface area (Å²) in [5, 5.41) is 6.79. The van der Waals surface area contributed by atoms with Gasteiger partial charge in [-0.3, -0.25) is 5.10 Å². The second-order valence-electron chi connectivity index (χ2n) is 2.17. The summed E-state index contributed by atoms with van der Waals surface area (Å²) in [4.78, 5) is 0. The van der Waals surface area contributed by atoms with Crippen LogP contribution in [0.15, 0.2) is 12.6 Å². The summed E-state index contributed by atoms with van der Waals surface area (Å²) in [7, 11) is 0. The first kappa shape index (κ1) is 7.35. The Hall–Kier alpha value is -0.760. The van der Waals surface area contributed by atoms with Crippen molar-refractivity contribution in [2.75, 3.05) is 5.88 Å². The van der Waals surface area contributed by atoms with Crippen molar-refractivity contribution < 1.29 is 0 Å². The monoisotopic (exact) mass is 156 g/mol. The van der Waals surface area contributed by atoms with E-state index in [9.17, 15) is 0 Å². The van der Waals surface area contributed by atoms with Gasteiger partial charge in [-0.1, -0.05) is 6.58 Å². The summed E-state index contributed by atoms with van der Waals surface area (Å²) in [6.45, 7) is 5.68. The standard InChI is InChI=1S/C7H9ClN2/c1-5(4-8)7-3-6(2)9-10-7/h3H,1,4H2,2H3,(H,9,10). The molecule has 0 amide bonds. The number of H-pyrrole nitrogens is 1. The first-order valence-electron chi connectivity index (χ1n) is 3.00. The highest BCUT2D eigenvalue weighted by Crippen LogP contribution is 2.10. The Kier molecular flexibility index (Phi) is 2.12. The van der Waals surface area contributed by atoms with E-state index in [4.69, 9.17) is 11.6 Å². The zero-order chi connectivity index (χ0) is 7.56. The molecule has 0 aliphatic carbocycles. The van der Waals surface area contributed by atoms with Crippen molar-refractivity contribution in [1.29, 1.82) is 0 Å². The van der Waals surface area contributed by atoms with Gasteiger partial charge in [0.25, 0.3) is 0 Å². The summed E-state index contributed by atoms with van der Waals surface area (Å²) in [6.07, 6.45) is 0. The Bertz CT molecular complexity index is 240. The molecule has 0 saturated heterocycles. The molecule has 1 aromatic heterocycles. The topological polar surface area (TPSA) is 28.7 Å². The van der Waals surface area contributed by atoms with E-state index in [1.54, 1.807) is 0 Å². The van der Waals surface area contributed by atoms with Gasteiger partial charge in [-0.15, -0.1) is 11.6 Å². The van der Waals surface area contributed by atoms with Gasteiger partial charge in [0, 0.05) is 11.6 Å². The minimum absolute atomic E-state index is 0.435. The van der Waals surface area contributed by atoms with E-state index in [1.807, 2.05) is 13.0 Å². The van der Waals surface area contributed by atoms with Gasteiger partial charge in [0.1, 0.15) is 0 Å². The SMILES string of the molecule is C=C(CCl)c1cc(C)[nH]n1. The molecule has 0 spiro atoms. The summed E-state index contributed by atoms with van der Waals surface area (Å²) in [6, 6.07) is 1.92. The molecule has 2 nitrogen and oxygen atoms in total. The van der Waals surface area contributed by atoms with Crippen LogP contribution in [0.3, 0.4) is 0 Å². The predicted molar refractivity (Wildman–Crippen MR) is 43.1 cm³/mol. The van der Waals surface area contributed by atoms with Gasteiger partial charge in [0.2, 0.25) is 0 Å². The van der Waals surface area contributed by atoms with Gasteiger partial charge < -0.3 is 0 Å². The maximum atomic E-state index is 5.54. The number of alkyl halides is 1. The number of nitrogens with zero attached hydrogens (tertiary/aromatic N) is 1. The number of aromatic amines is 1. The average molecular weight is 157 g/mol. The summed E-state index contributed by atoms with van der Waals surface area (Å²) >= 11 is 5.54. The Morgan fingerprint density at radius 1 is 1.90 bits per heavy atom. The number of allylic oxidation sites excluding steroid dienone is 1. The van der Waals surface area contributed by atoms with Crippen LogP contribution in [-0.2, 0) is 0 Å². The summed E-state index contributed by atoms with van der Waals surface area (Å²) in [5.74, 6) is 0.435. The molecule has 0 aliphatic rings. The van der Waals surface area contributed by atoms with Crippen molar-refractivity contribution in [3.63, 3.8) is 0 Å². The Morgan fingerprint density at radius 2 is 2.60 bits per heavy atom. The zero-order valence-electron chi connectivity index (χ0n) is 5.82. The molecule has 1 N–H and O–H groups in total. The lowest BCUT2D eigenvalue weighted by Crippen LogP contribution is -1.82. The molecular weight excluding hydrogens is 148 g/mol. The maximum absolute atomic E-state index is 5.54. The third-order valence-corrected chi connectivity index (χ3v) is 1.55. The van der Waals surface area contributed by atoms with E-state index >= 15 is 0 Å². The number of hydrogen-bond donors (Lipinski definition) is 1. The highest BCUT2D eigenvalue weighted by atomic mass is 35.5. The highest BCUT2D eigenvalue weighted by molar-refractivity contribution is 6.22. The Labute approximate surface area is 64.9 Å². The van der Waals surface area contributed by atoms with Crippen LogP contribution in [-0.4, -0.2) is 16.1 Å². The second-order valence-corrected chi connectivity index (χ2v) is 2.44. The van der Waals surface area contributed by atoms with Gasteiger partial charge in [-0.2, -0.15) is 5.10 Å². The number of nitrogens with one attached hydrogen (secondary N) is 1. The molecule has 0 fully saturated rings. The van der Waals surface area contributed by atoms with E-state index in [0.29, 0.717) is 5.88 Å². The smallest absolute Gasteiger partial charge is 0.0889 e. The number of aromatic nitrogens is 2. The molecule has 3 heteroatoms. The second kappa shape index (κ2) is 2.88. The van der Waals surface area contributed by atoms with Gasteiger partial charge in [-0.05, 0) is 18.6 Å². The zero-order valence-corrected chi connectivity index (χ0v) is 6.57. The molecule has 0 atom stereocenters. The fourth-order valence-corrected chi connectivity index (χ4v) is 0.805. The van der Waals surface area contributed by atoms with Gasteiger partial charge in [0.15, 0.2) is 0 Å². The van der Waals surface area contributed by atoms with Gasteiger partial charge in [0.05, 0.1) is 5.69 Å². The Balaban J connectivity index is 2.85. The van der Waals surface area contributed by atoms with Crippen LogP contribution < -0.4 is 0 Å². The van der Waals surface area contributed by atoms with Crippen LogP contribution in [0.25, 0.3) is 5.57 Å². The predicted octanol–water partition coefficient (Wildman–Crippen LogP) is 1.97. The maximum Gasteiger partial charge on any atom is 0.0889 e. The molecule has 0 bridgehead atoms. The minimum atomic E-state index is 0.435. The number of halogens is 1. The van der Waals surface area contributed by atoms with E-state index < -0.39 is 0 Å². The number of hydrogen-bond acceptors (Lipinski definition) is 1. The van der Waals surface area contributed by atoms with Crippen molar-refractivity contribution >= 4 is 17.2 Å². The van der Waals surface area contributed by atoms with Gasteiger partial charge in [-0.25, -0.2) is 0 Å². The molecule has 1 heterocycles. The molecule has 0 radical (unpaired) electrons. The fourth-order valence-electron chi connectivity index (χ4n) is 0.668. The molecule has 0 aromatic carbocycles. The van der Waals surface area contributed by atoms with Crippen LogP contribution in [0.2, 0.25) is 0 Å². The van der Waals surface area contributed by atoms with Crippen molar-refractivity contribution in [2.45, 2.75) is 6.92 Å². The average Bonchev–Trinajstić information content (AvgIpc) is 2.34. The molecule has 1 rings (SSSR count). The van der Waals surface area contributed by atoms with Crippen molar-refractivity contribution in [3.8, 4) is 0 Å². The van der Waals surface area contributed by atoms with Crippen molar-refractivity contribution in [1.82, 2.24) is 10.2 Å². The molecule has 54 valence electrons. The largest absolute Gasteiger partial charge is 0.282 e. The van der Waals surface area contributed by atoms with E-state index in [0.717, 1.165) is 17.0 Å². The van der Waals surface area contributed by atoms with Crippen LogP contribution in [0.1, 0.15) is 11.4 Å². The first-order chi connectivity index (χ1) is 4.74. The van der Waals surface area contributed by atoms with Crippen LogP contribution in [0.4, 0.5) is 0 Å². The van der Waals surface area contributed by atoms with E-state index in [2.05, 4.69) is 16.8 Å². The normalized spacial score (nSPS) is 9.80. The highest BCUT2D eigenvalue weighted by Gasteiger charge is 1.99. The molecular formula is C7H9ClN2.